The molecule has 0 amide bonds. The van der Waals surface area contributed by atoms with E-state index in [0.29, 0.717) is 11.5 Å². The summed E-state index contributed by atoms with van der Waals surface area (Å²) in [6.07, 6.45) is 7.21. The predicted molar refractivity (Wildman–Crippen MR) is 96.7 cm³/mol. The number of nitrogens with zero attached hydrogens (tertiary/aromatic N) is 2. The van der Waals surface area contributed by atoms with Crippen molar-refractivity contribution in [3.8, 4) is 0 Å². The Morgan fingerprint density at radius 2 is 1.70 bits per heavy atom. The van der Waals surface area contributed by atoms with Gasteiger partial charge in [0.15, 0.2) is 0 Å². The summed E-state index contributed by atoms with van der Waals surface area (Å²) >= 11 is 0. The highest BCUT2D eigenvalue weighted by Gasteiger charge is 2.53. The predicted octanol–water partition coefficient (Wildman–Crippen LogP) is 3.63. The molecule has 0 aromatic rings. The molecule has 0 N–H and O–H groups in total. The summed E-state index contributed by atoms with van der Waals surface area (Å²) < 4.78 is 6.11. The largest absolute Gasteiger partial charge is 0.378 e. The Morgan fingerprint density at radius 3 is 2.26 bits per heavy atom. The van der Waals surface area contributed by atoms with Gasteiger partial charge in [0.2, 0.25) is 0 Å². The summed E-state index contributed by atoms with van der Waals surface area (Å²) in [6.45, 7) is 16.8. The first-order chi connectivity index (χ1) is 11.0. The van der Waals surface area contributed by atoms with Crippen molar-refractivity contribution in [2.45, 2.75) is 71.9 Å². The van der Waals surface area contributed by atoms with Crippen molar-refractivity contribution in [2.75, 3.05) is 39.3 Å². The van der Waals surface area contributed by atoms with Crippen LogP contribution in [0, 0.1) is 17.3 Å². The van der Waals surface area contributed by atoms with Gasteiger partial charge in [-0.1, -0.05) is 13.8 Å². The minimum absolute atomic E-state index is 0.566. The fourth-order valence-corrected chi connectivity index (χ4v) is 4.84. The van der Waals surface area contributed by atoms with Crippen LogP contribution in [0.5, 0.6) is 0 Å². The Labute approximate surface area is 143 Å². The molecule has 3 fully saturated rings. The van der Waals surface area contributed by atoms with Crippen molar-refractivity contribution in [3.05, 3.63) is 0 Å². The maximum Gasteiger partial charge on any atom is 0.0587 e. The summed E-state index contributed by atoms with van der Waals surface area (Å²) in [7, 11) is 0. The van der Waals surface area contributed by atoms with Crippen molar-refractivity contribution in [2.24, 2.45) is 17.3 Å². The van der Waals surface area contributed by atoms with Crippen LogP contribution in [0.15, 0.2) is 0 Å². The Balaban J connectivity index is 1.20. The lowest BCUT2D eigenvalue weighted by molar-refractivity contribution is -0.158. The van der Waals surface area contributed by atoms with E-state index in [1.54, 1.807) is 0 Å². The number of likely N-dealkylation sites (tertiary alicyclic amines) is 2. The van der Waals surface area contributed by atoms with Crippen molar-refractivity contribution < 1.29 is 4.74 Å². The molecule has 0 unspecified atom stereocenters. The van der Waals surface area contributed by atoms with E-state index in [4.69, 9.17) is 4.74 Å². The van der Waals surface area contributed by atoms with Crippen LogP contribution in [0.4, 0.5) is 0 Å². The topological polar surface area (TPSA) is 15.7 Å². The average molecular weight is 323 g/mol. The van der Waals surface area contributed by atoms with E-state index in [9.17, 15) is 0 Å². The Morgan fingerprint density at radius 1 is 1.04 bits per heavy atom. The second-order valence-corrected chi connectivity index (χ2v) is 9.18. The minimum atomic E-state index is 0.566. The minimum Gasteiger partial charge on any atom is -0.378 e. The molecule has 0 atom stereocenters. The van der Waals surface area contributed by atoms with Crippen LogP contribution < -0.4 is 0 Å². The molecule has 0 radical (unpaired) electrons. The number of piperidine rings is 1. The van der Waals surface area contributed by atoms with Gasteiger partial charge in [0.1, 0.15) is 0 Å². The Kier molecular flexibility index (Phi) is 5.70. The average Bonchev–Trinajstić information content (AvgIpc) is 2.43. The first kappa shape index (κ1) is 17.7. The molecule has 1 saturated carbocycles. The zero-order valence-corrected chi connectivity index (χ0v) is 15.9. The van der Waals surface area contributed by atoms with Gasteiger partial charge < -0.3 is 9.64 Å². The Hall–Kier alpha value is -0.120. The zero-order chi connectivity index (χ0) is 16.4. The highest BCUT2D eigenvalue weighted by molar-refractivity contribution is 5.05. The van der Waals surface area contributed by atoms with Crippen molar-refractivity contribution >= 4 is 0 Å². The third kappa shape index (κ3) is 4.29. The number of ether oxygens (including phenoxy) is 1. The third-order valence-electron chi connectivity index (χ3n) is 6.68. The molecular weight excluding hydrogens is 284 g/mol. The molecule has 2 saturated heterocycles. The lowest BCUT2D eigenvalue weighted by atomic mass is 9.61. The molecule has 134 valence electrons. The van der Waals surface area contributed by atoms with E-state index < -0.39 is 0 Å². The Bertz CT molecular complexity index is 360. The molecule has 2 heterocycles. The van der Waals surface area contributed by atoms with Crippen LogP contribution >= 0.6 is 0 Å². The van der Waals surface area contributed by atoms with Gasteiger partial charge in [-0.05, 0) is 70.9 Å². The lowest BCUT2D eigenvalue weighted by Gasteiger charge is -2.60. The van der Waals surface area contributed by atoms with E-state index in [2.05, 4.69) is 37.5 Å². The lowest BCUT2D eigenvalue weighted by Crippen LogP contribution is -2.65. The first-order valence-electron chi connectivity index (χ1n) is 10.1. The van der Waals surface area contributed by atoms with Gasteiger partial charge in [-0.15, -0.1) is 0 Å². The van der Waals surface area contributed by atoms with Crippen molar-refractivity contribution in [3.63, 3.8) is 0 Å². The smallest absolute Gasteiger partial charge is 0.0587 e. The quantitative estimate of drug-likeness (QED) is 0.666. The molecule has 0 aromatic carbocycles. The standard InChI is InChI=1S/C20H38N2O/c1-16(2)18-6-9-21(10-7-18)8-5-11-23-19-12-20(13-19)14-22(15-20)17(3)4/h16-19H,5-15H2,1-4H3. The van der Waals surface area contributed by atoms with Crippen LogP contribution in [0.1, 0.15) is 59.8 Å². The number of hydrogen-bond acceptors (Lipinski definition) is 3. The molecule has 3 rings (SSSR count). The van der Waals surface area contributed by atoms with Crippen molar-refractivity contribution in [1.82, 2.24) is 9.80 Å². The fraction of sp³-hybridized carbons (Fsp3) is 1.00. The third-order valence-corrected chi connectivity index (χ3v) is 6.68. The van der Waals surface area contributed by atoms with E-state index in [-0.39, 0.29) is 0 Å². The van der Waals surface area contributed by atoms with Gasteiger partial charge in [-0.25, -0.2) is 0 Å². The maximum absolute atomic E-state index is 6.11. The summed E-state index contributed by atoms with van der Waals surface area (Å²) in [5.74, 6) is 1.83. The molecular formula is C20H38N2O. The first-order valence-corrected chi connectivity index (χ1v) is 10.1. The molecule has 3 nitrogen and oxygen atoms in total. The van der Waals surface area contributed by atoms with E-state index in [0.717, 1.165) is 24.5 Å². The fourth-order valence-electron chi connectivity index (χ4n) is 4.84. The van der Waals surface area contributed by atoms with Crippen LogP contribution in [0.2, 0.25) is 0 Å². The van der Waals surface area contributed by atoms with Gasteiger partial charge in [0.25, 0.3) is 0 Å². The second kappa shape index (κ2) is 7.41. The molecule has 3 heteroatoms. The summed E-state index contributed by atoms with van der Waals surface area (Å²) in [5.41, 5.74) is 0.646. The van der Waals surface area contributed by atoms with Crippen LogP contribution in [-0.4, -0.2) is 61.3 Å². The molecule has 0 bridgehead atoms. The molecule has 0 aromatic heterocycles. The molecule has 1 spiro atoms. The normalized spacial score (nSPS) is 26.9. The van der Waals surface area contributed by atoms with Gasteiger partial charge in [-0.3, -0.25) is 4.90 Å². The molecule has 1 aliphatic carbocycles. The second-order valence-electron chi connectivity index (χ2n) is 9.18. The van der Waals surface area contributed by atoms with Gasteiger partial charge in [0.05, 0.1) is 6.10 Å². The molecule has 3 aliphatic rings. The summed E-state index contributed by atoms with van der Waals surface area (Å²) in [4.78, 5) is 5.24. The van der Waals surface area contributed by atoms with E-state index in [1.165, 1.54) is 64.8 Å². The SMILES string of the molecule is CC(C)C1CCN(CCCOC2CC3(C2)CN(C(C)C)C3)CC1. The molecule has 23 heavy (non-hydrogen) atoms. The highest BCUT2D eigenvalue weighted by Crippen LogP contribution is 2.50. The van der Waals surface area contributed by atoms with Crippen molar-refractivity contribution in [1.29, 1.82) is 0 Å². The van der Waals surface area contributed by atoms with Gasteiger partial charge in [0, 0.05) is 37.7 Å². The van der Waals surface area contributed by atoms with Crippen LogP contribution in [0.25, 0.3) is 0 Å². The monoisotopic (exact) mass is 322 g/mol. The van der Waals surface area contributed by atoms with Crippen LogP contribution in [0.3, 0.4) is 0 Å². The number of rotatable bonds is 7. The summed E-state index contributed by atoms with van der Waals surface area (Å²) in [6, 6.07) is 0.723. The van der Waals surface area contributed by atoms with Gasteiger partial charge in [-0.2, -0.15) is 0 Å². The zero-order valence-electron chi connectivity index (χ0n) is 15.9. The van der Waals surface area contributed by atoms with Crippen LogP contribution in [-0.2, 0) is 4.74 Å². The number of hydrogen-bond donors (Lipinski definition) is 0. The summed E-state index contributed by atoms with van der Waals surface area (Å²) in [5, 5.41) is 0. The van der Waals surface area contributed by atoms with E-state index in [1.807, 2.05) is 0 Å². The van der Waals surface area contributed by atoms with E-state index >= 15 is 0 Å². The maximum atomic E-state index is 6.11. The highest BCUT2D eigenvalue weighted by atomic mass is 16.5. The van der Waals surface area contributed by atoms with Gasteiger partial charge >= 0.3 is 0 Å². The molecule has 2 aliphatic heterocycles.